The molecule has 0 atom stereocenters. The molecule has 0 fully saturated rings. The minimum absolute atomic E-state index is 0.0213. The normalized spacial score (nSPS) is 11.2. The molecular formula is C30H29FN4O4. The number of halogens is 1. The number of carbonyl (C=O) groups is 2. The molecule has 0 aliphatic heterocycles. The summed E-state index contributed by atoms with van der Waals surface area (Å²) >= 11 is 0. The first-order valence-corrected chi connectivity index (χ1v) is 12.4. The molecule has 0 spiro atoms. The number of anilines is 1. The molecule has 4 aromatic rings. The maximum absolute atomic E-state index is 13.8. The van der Waals surface area contributed by atoms with Gasteiger partial charge in [-0.1, -0.05) is 69.3 Å². The van der Waals surface area contributed by atoms with Gasteiger partial charge in [0.2, 0.25) is 5.91 Å². The highest BCUT2D eigenvalue weighted by Gasteiger charge is 2.23. The SMILES string of the molecule is CC(C)(C)c1ccccc1-n1c(NC(=O)CNC(=O)c2ccc(F)cc2)cc(=O)n(Cc2ccccc2)c1=O. The van der Waals surface area contributed by atoms with Gasteiger partial charge in [0.05, 0.1) is 18.8 Å². The Morgan fingerprint density at radius 3 is 2.18 bits per heavy atom. The first kappa shape index (κ1) is 27.3. The smallest absolute Gasteiger partial charge is 0.337 e. The van der Waals surface area contributed by atoms with Gasteiger partial charge in [-0.05, 0) is 46.9 Å². The molecule has 8 nitrogen and oxygen atoms in total. The Labute approximate surface area is 224 Å². The molecular weight excluding hydrogens is 499 g/mol. The van der Waals surface area contributed by atoms with E-state index < -0.39 is 35.4 Å². The lowest BCUT2D eigenvalue weighted by molar-refractivity contribution is -0.115. The van der Waals surface area contributed by atoms with E-state index in [0.29, 0.717) is 5.69 Å². The Bertz CT molecular complexity index is 1620. The second-order valence-corrected chi connectivity index (χ2v) is 10.1. The minimum atomic E-state index is -0.646. The van der Waals surface area contributed by atoms with Gasteiger partial charge in [-0.15, -0.1) is 0 Å². The fourth-order valence-corrected chi connectivity index (χ4v) is 4.17. The van der Waals surface area contributed by atoms with Crippen LogP contribution in [0.4, 0.5) is 10.2 Å². The van der Waals surface area contributed by atoms with E-state index in [9.17, 15) is 23.6 Å². The van der Waals surface area contributed by atoms with E-state index in [1.54, 1.807) is 12.1 Å². The van der Waals surface area contributed by atoms with Gasteiger partial charge in [-0.25, -0.2) is 13.8 Å². The summed E-state index contributed by atoms with van der Waals surface area (Å²) in [7, 11) is 0. The molecule has 2 N–H and O–H groups in total. The van der Waals surface area contributed by atoms with Crippen LogP contribution in [-0.4, -0.2) is 27.5 Å². The third-order valence-electron chi connectivity index (χ3n) is 6.11. The number of para-hydroxylation sites is 1. The summed E-state index contributed by atoms with van der Waals surface area (Å²) in [6.45, 7) is 5.62. The zero-order valence-electron chi connectivity index (χ0n) is 21.9. The Morgan fingerprint density at radius 2 is 1.51 bits per heavy atom. The maximum atomic E-state index is 13.8. The highest BCUT2D eigenvalue weighted by atomic mass is 19.1. The fourth-order valence-electron chi connectivity index (χ4n) is 4.17. The molecule has 1 heterocycles. The van der Waals surface area contributed by atoms with Crippen molar-refractivity contribution in [3.63, 3.8) is 0 Å². The van der Waals surface area contributed by atoms with Gasteiger partial charge in [-0.3, -0.25) is 19.0 Å². The monoisotopic (exact) mass is 528 g/mol. The molecule has 9 heteroatoms. The van der Waals surface area contributed by atoms with Crippen molar-refractivity contribution in [1.29, 1.82) is 0 Å². The maximum Gasteiger partial charge on any atom is 0.337 e. The highest BCUT2D eigenvalue weighted by molar-refractivity contribution is 5.99. The van der Waals surface area contributed by atoms with E-state index >= 15 is 0 Å². The molecule has 3 aromatic carbocycles. The topological polar surface area (TPSA) is 102 Å². The van der Waals surface area contributed by atoms with Gasteiger partial charge in [0.1, 0.15) is 11.6 Å². The van der Waals surface area contributed by atoms with Crippen LogP contribution in [0, 0.1) is 5.82 Å². The summed E-state index contributed by atoms with van der Waals surface area (Å²) in [4.78, 5) is 52.1. The van der Waals surface area contributed by atoms with Crippen LogP contribution in [0.15, 0.2) is 94.5 Å². The van der Waals surface area contributed by atoms with Crippen molar-refractivity contribution < 1.29 is 14.0 Å². The lowest BCUT2D eigenvalue weighted by Gasteiger charge is -2.25. The lowest BCUT2D eigenvalue weighted by atomic mass is 9.85. The zero-order valence-corrected chi connectivity index (χ0v) is 21.9. The summed E-state index contributed by atoms with van der Waals surface area (Å²) in [6.07, 6.45) is 0. The number of carbonyl (C=O) groups excluding carboxylic acids is 2. The van der Waals surface area contributed by atoms with Crippen LogP contribution < -0.4 is 21.9 Å². The third kappa shape index (κ3) is 6.38. The Balaban J connectivity index is 1.72. The second-order valence-electron chi connectivity index (χ2n) is 10.1. The van der Waals surface area contributed by atoms with Crippen LogP contribution >= 0.6 is 0 Å². The number of rotatable bonds is 7. The summed E-state index contributed by atoms with van der Waals surface area (Å²) in [5, 5.41) is 5.07. The van der Waals surface area contributed by atoms with Gasteiger partial charge < -0.3 is 10.6 Å². The van der Waals surface area contributed by atoms with Gasteiger partial charge >= 0.3 is 5.69 Å². The first-order chi connectivity index (χ1) is 18.5. The molecule has 2 amide bonds. The van der Waals surface area contributed by atoms with Crippen LogP contribution in [0.3, 0.4) is 0 Å². The predicted octanol–water partition coefficient (Wildman–Crippen LogP) is 3.85. The van der Waals surface area contributed by atoms with E-state index in [2.05, 4.69) is 10.6 Å². The van der Waals surface area contributed by atoms with Crippen molar-refractivity contribution >= 4 is 17.6 Å². The number of nitrogens with zero attached hydrogens (tertiary/aromatic N) is 2. The molecule has 1 aromatic heterocycles. The average Bonchev–Trinajstić information content (AvgIpc) is 2.90. The zero-order chi connectivity index (χ0) is 28.2. The largest absolute Gasteiger partial charge is 0.343 e. The molecule has 0 unspecified atom stereocenters. The number of aromatic nitrogens is 2. The summed E-state index contributed by atoms with van der Waals surface area (Å²) < 4.78 is 15.6. The van der Waals surface area contributed by atoms with Crippen LogP contribution in [0.5, 0.6) is 0 Å². The van der Waals surface area contributed by atoms with E-state index in [0.717, 1.165) is 27.8 Å². The van der Waals surface area contributed by atoms with Crippen molar-refractivity contribution in [3.8, 4) is 5.69 Å². The third-order valence-corrected chi connectivity index (χ3v) is 6.11. The minimum Gasteiger partial charge on any atom is -0.343 e. The van der Waals surface area contributed by atoms with E-state index in [4.69, 9.17) is 0 Å². The highest BCUT2D eigenvalue weighted by Crippen LogP contribution is 2.29. The van der Waals surface area contributed by atoms with Crippen molar-refractivity contribution in [2.45, 2.75) is 32.7 Å². The van der Waals surface area contributed by atoms with Crippen LogP contribution in [0.25, 0.3) is 5.69 Å². The molecule has 39 heavy (non-hydrogen) atoms. The second kappa shape index (κ2) is 11.3. The van der Waals surface area contributed by atoms with Crippen LogP contribution in [-0.2, 0) is 16.8 Å². The molecule has 0 bridgehead atoms. The Hall–Kier alpha value is -4.79. The fraction of sp³-hybridized carbons (Fsp3) is 0.200. The Morgan fingerprint density at radius 1 is 0.872 bits per heavy atom. The van der Waals surface area contributed by atoms with E-state index in [-0.39, 0.29) is 23.3 Å². The Kier molecular flexibility index (Phi) is 7.90. The predicted molar refractivity (Wildman–Crippen MR) is 148 cm³/mol. The molecule has 4 rings (SSSR count). The summed E-state index contributed by atoms with van der Waals surface area (Å²) in [6, 6.07) is 22.5. The molecule has 0 aliphatic carbocycles. The molecule has 0 radical (unpaired) electrons. The van der Waals surface area contributed by atoms with Crippen molar-refractivity contribution in [2.75, 3.05) is 11.9 Å². The van der Waals surface area contributed by atoms with Gasteiger partial charge in [0.25, 0.3) is 11.5 Å². The number of nitrogens with one attached hydrogen (secondary N) is 2. The van der Waals surface area contributed by atoms with Crippen molar-refractivity contribution in [2.24, 2.45) is 0 Å². The van der Waals surface area contributed by atoms with Gasteiger partial charge in [0, 0.05) is 11.6 Å². The van der Waals surface area contributed by atoms with Crippen LogP contribution in [0.1, 0.15) is 42.3 Å². The number of amides is 2. The standard InChI is InChI=1S/C30H29FN4O4/c1-30(2,3)23-11-7-8-12-24(23)35-25(17-27(37)34(29(35)39)19-20-9-5-4-6-10-20)33-26(36)18-32-28(38)21-13-15-22(31)16-14-21/h4-17H,18-19H2,1-3H3,(H,32,38)(H,33,36). The van der Waals surface area contributed by atoms with Gasteiger partial charge in [0.15, 0.2) is 0 Å². The number of hydrogen-bond donors (Lipinski definition) is 2. The number of benzene rings is 3. The van der Waals surface area contributed by atoms with Crippen molar-refractivity contribution in [3.05, 3.63) is 128 Å². The van der Waals surface area contributed by atoms with E-state index in [1.165, 1.54) is 22.8 Å². The first-order valence-electron chi connectivity index (χ1n) is 12.4. The van der Waals surface area contributed by atoms with Crippen LogP contribution in [0.2, 0.25) is 0 Å². The van der Waals surface area contributed by atoms with Crippen molar-refractivity contribution in [1.82, 2.24) is 14.5 Å². The lowest BCUT2D eigenvalue weighted by Crippen LogP contribution is -2.42. The molecule has 0 saturated carbocycles. The summed E-state index contributed by atoms with van der Waals surface area (Å²) in [5.41, 5.74) is 0.740. The number of hydrogen-bond acceptors (Lipinski definition) is 4. The molecule has 0 saturated heterocycles. The van der Waals surface area contributed by atoms with Gasteiger partial charge in [-0.2, -0.15) is 0 Å². The molecule has 0 aliphatic rings. The van der Waals surface area contributed by atoms with E-state index in [1.807, 2.05) is 63.2 Å². The summed E-state index contributed by atoms with van der Waals surface area (Å²) in [5.74, 6) is -1.72. The molecule has 200 valence electrons. The average molecular weight is 529 g/mol. The quantitative estimate of drug-likeness (QED) is 0.380.